The Hall–Kier alpha value is -0.870. The molecule has 3 saturated heterocycles. The molecule has 3 heterocycles. The van der Waals surface area contributed by atoms with E-state index in [1.54, 1.807) is 0 Å². The number of carbonyl (C=O) groups is 1. The van der Waals surface area contributed by atoms with Gasteiger partial charge in [0.05, 0.1) is 0 Å². The molecule has 3 atom stereocenters. The summed E-state index contributed by atoms with van der Waals surface area (Å²) in [6, 6.07) is 9.31. The molecular weight excluding hydrogens is 340 g/mol. The van der Waals surface area contributed by atoms with Gasteiger partial charge in [-0.2, -0.15) is 0 Å². The van der Waals surface area contributed by atoms with E-state index < -0.39 is 0 Å². The Kier molecular flexibility index (Phi) is 3.99. The molecular formula is C18H23BrN2O. The van der Waals surface area contributed by atoms with Gasteiger partial charge in [0.25, 0.3) is 5.91 Å². The van der Waals surface area contributed by atoms with Crippen LogP contribution in [0.4, 0.5) is 0 Å². The minimum Gasteiger partial charge on any atom is -0.338 e. The highest BCUT2D eigenvalue weighted by atomic mass is 79.9. The summed E-state index contributed by atoms with van der Waals surface area (Å²) in [6.45, 7) is 3.14. The highest BCUT2D eigenvalue weighted by molar-refractivity contribution is 9.10. The normalized spacial score (nSPS) is 31.7. The summed E-state index contributed by atoms with van der Waals surface area (Å²) in [7, 11) is 0. The summed E-state index contributed by atoms with van der Waals surface area (Å²) in [6.07, 6.45) is 6.57. The van der Waals surface area contributed by atoms with Gasteiger partial charge < -0.3 is 4.90 Å². The van der Waals surface area contributed by atoms with E-state index in [9.17, 15) is 4.79 Å². The molecule has 1 aromatic carbocycles. The van der Waals surface area contributed by atoms with Crippen molar-refractivity contribution in [3.8, 4) is 0 Å². The Morgan fingerprint density at radius 3 is 2.95 bits per heavy atom. The maximum atomic E-state index is 12.7. The van der Waals surface area contributed by atoms with E-state index in [4.69, 9.17) is 0 Å². The molecule has 1 amide bonds. The van der Waals surface area contributed by atoms with Gasteiger partial charge in [-0.25, -0.2) is 0 Å². The largest absolute Gasteiger partial charge is 0.338 e. The van der Waals surface area contributed by atoms with E-state index in [0.717, 1.165) is 41.6 Å². The molecule has 0 aromatic heterocycles. The Bertz CT molecular complexity index is 576. The molecule has 0 spiro atoms. The molecule has 1 aromatic rings. The first-order valence-electron chi connectivity index (χ1n) is 8.53. The van der Waals surface area contributed by atoms with Gasteiger partial charge in [0, 0.05) is 35.2 Å². The number of hydrogen-bond donors (Lipinski definition) is 0. The topological polar surface area (TPSA) is 23.6 Å². The van der Waals surface area contributed by atoms with Crippen LogP contribution in [0.3, 0.4) is 0 Å². The van der Waals surface area contributed by atoms with Gasteiger partial charge in [-0.3, -0.25) is 9.69 Å². The minimum atomic E-state index is 0.199. The molecule has 3 aliphatic rings. The van der Waals surface area contributed by atoms with Crippen LogP contribution in [0.25, 0.3) is 0 Å². The van der Waals surface area contributed by atoms with Crippen LogP contribution in [0.15, 0.2) is 28.7 Å². The summed E-state index contributed by atoms with van der Waals surface area (Å²) in [5.41, 5.74) is 0.809. The van der Waals surface area contributed by atoms with Crippen molar-refractivity contribution >= 4 is 21.8 Å². The maximum absolute atomic E-state index is 12.7. The van der Waals surface area contributed by atoms with Crippen molar-refractivity contribution in [2.45, 2.75) is 44.2 Å². The molecule has 4 heteroatoms. The number of benzene rings is 1. The highest BCUT2D eigenvalue weighted by Crippen LogP contribution is 2.39. The zero-order valence-electron chi connectivity index (χ0n) is 12.9. The Labute approximate surface area is 140 Å². The van der Waals surface area contributed by atoms with Crippen LogP contribution in [0.1, 0.15) is 42.5 Å². The van der Waals surface area contributed by atoms with Crippen molar-refractivity contribution in [2.75, 3.05) is 19.6 Å². The van der Waals surface area contributed by atoms with Gasteiger partial charge in [-0.15, -0.1) is 0 Å². The number of likely N-dealkylation sites (tertiary alicyclic amines) is 1. The average Bonchev–Trinajstić information content (AvgIpc) is 2.91. The molecule has 1 unspecified atom stereocenters. The second-order valence-electron chi connectivity index (χ2n) is 7.00. The van der Waals surface area contributed by atoms with Crippen molar-refractivity contribution in [1.29, 1.82) is 0 Å². The third kappa shape index (κ3) is 2.61. The number of halogens is 1. The first-order chi connectivity index (χ1) is 10.7. The lowest BCUT2D eigenvalue weighted by Crippen LogP contribution is -2.49. The van der Waals surface area contributed by atoms with Crippen LogP contribution in [-0.2, 0) is 0 Å². The Morgan fingerprint density at radius 2 is 2.09 bits per heavy atom. The quantitative estimate of drug-likeness (QED) is 0.762. The number of fused-ring (bicyclic) bond motifs is 3. The molecule has 0 N–H and O–H groups in total. The van der Waals surface area contributed by atoms with Crippen LogP contribution in [0.5, 0.6) is 0 Å². The smallest absolute Gasteiger partial charge is 0.253 e. The Balaban J connectivity index is 1.47. The lowest BCUT2D eigenvalue weighted by atomic mass is 9.91. The molecule has 0 bridgehead atoms. The SMILES string of the molecule is O=C(c1cccc(Br)c1)N1CC[C@@H]2[C@@H](CC3CCCCN32)C1. The van der Waals surface area contributed by atoms with Crippen molar-refractivity contribution in [3.63, 3.8) is 0 Å². The van der Waals surface area contributed by atoms with Crippen molar-refractivity contribution in [2.24, 2.45) is 5.92 Å². The zero-order valence-corrected chi connectivity index (χ0v) is 14.5. The molecule has 3 nitrogen and oxygen atoms in total. The minimum absolute atomic E-state index is 0.199. The number of hydrogen-bond acceptors (Lipinski definition) is 2. The summed E-state index contributed by atoms with van der Waals surface area (Å²) in [5.74, 6) is 0.887. The number of nitrogens with zero attached hydrogens (tertiary/aromatic N) is 2. The van der Waals surface area contributed by atoms with E-state index in [2.05, 4.69) is 25.7 Å². The average molecular weight is 363 g/mol. The number of amides is 1. The van der Waals surface area contributed by atoms with Crippen LogP contribution >= 0.6 is 15.9 Å². The number of carbonyl (C=O) groups excluding carboxylic acids is 1. The van der Waals surface area contributed by atoms with E-state index >= 15 is 0 Å². The summed E-state index contributed by atoms with van der Waals surface area (Å²) >= 11 is 3.46. The lowest BCUT2D eigenvalue weighted by molar-refractivity contribution is 0.0560. The van der Waals surface area contributed by atoms with Crippen molar-refractivity contribution < 1.29 is 4.79 Å². The lowest BCUT2D eigenvalue weighted by Gasteiger charge is -2.40. The van der Waals surface area contributed by atoms with Gasteiger partial charge in [0.2, 0.25) is 0 Å². The van der Waals surface area contributed by atoms with Gasteiger partial charge in [-0.1, -0.05) is 28.4 Å². The fraction of sp³-hybridized carbons (Fsp3) is 0.611. The van der Waals surface area contributed by atoms with Crippen LogP contribution in [0.2, 0.25) is 0 Å². The molecule has 0 radical (unpaired) electrons. The molecule has 3 fully saturated rings. The van der Waals surface area contributed by atoms with Gasteiger partial charge in [0.15, 0.2) is 0 Å². The highest BCUT2D eigenvalue weighted by Gasteiger charge is 2.44. The molecule has 0 aliphatic carbocycles. The maximum Gasteiger partial charge on any atom is 0.253 e. The molecule has 22 heavy (non-hydrogen) atoms. The second kappa shape index (κ2) is 5.97. The predicted molar refractivity (Wildman–Crippen MR) is 90.9 cm³/mol. The van der Waals surface area contributed by atoms with E-state index in [-0.39, 0.29) is 5.91 Å². The first-order valence-corrected chi connectivity index (χ1v) is 9.32. The third-order valence-electron chi connectivity index (χ3n) is 5.73. The zero-order chi connectivity index (χ0) is 15.1. The van der Waals surface area contributed by atoms with Crippen molar-refractivity contribution in [3.05, 3.63) is 34.3 Å². The van der Waals surface area contributed by atoms with Crippen LogP contribution < -0.4 is 0 Å². The fourth-order valence-corrected chi connectivity index (χ4v) is 5.14. The fourth-order valence-electron chi connectivity index (χ4n) is 4.74. The standard InChI is InChI=1S/C18H23BrN2O/c19-15-5-3-4-13(10-15)18(22)20-9-7-17-14(12-20)11-16-6-1-2-8-21(16)17/h3-5,10,14,16-17H,1-2,6-9,11-12H2/t14-,16?,17+/m0/s1. The first kappa shape index (κ1) is 14.7. The second-order valence-corrected chi connectivity index (χ2v) is 7.92. The van der Waals surface area contributed by atoms with Gasteiger partial charge in [0.1, 0.15) is 0 Å². The molecule has 4 rings (SSSR count). The third-order valence-corrected chi connectivity index (χ3v) is 6.22. The van der Waals surface area contributed by atoms with E-state index in [1.807, 2.05) is 24.3 Å². The number of piperidine rings is 2. The molecule has 3 aliphatic heterocycles. The molecule has 118 valence electrons. The molecule has 0 saturated carbocycles. The summed E-state index contributed by atoms with van der Waals surface area (Å²) < 4.78 is 0.978. The van der Waals surface area contributed by atoms with Crippen LogP contribution in [-0.4, -0.2) is 47.4 Å². The van der Waals surface area contributed by atoms with Gasteiger partial charge >= 0.3 is 0 Å². The summed E-state index contributed by atoms with van der Waals surface area (Å²) in [4.78, 5) is 17.6. The number of rotatable bonds is 1. The monoisotopic (exact) mass is 362 g/mol. The summed E-state index contributed by atoms with van der Waals surface area (Å²) in [5, 5.41) is 0. The van der Waals surface area contributed by atoms with E-state index in [0.29, 0.717) is 5.92 Å². The van der Waals surface area contributed by atoms with Crippen LogP contribution in [0, 0.1) is 5.92 Å². The van der Waals surface area contributed by atoms with Gasteiger partial charge in [-0.05, 0) is 56.3 Å². The van der Waals surface area contributed by atoms with E-state index in [1.165, 1.54) is 32.2 Å². The predicted octanol–water partition coefficient (Wildman–Crippen LogP) is 3.54. The van der Waals surface area contributed by atoms with Crippen molar-refractivity contribution in [1.82, 2.24) is 9.80 Å². The Morgan fingerprint density at radius 1 is 1.18 bits per heavy atom.